The molecule has 3 aromatic rings. The zero-order chi connectivity index (χ0) is 18.7. The lowest BCUT2D eigenvalue weighted by Crippen LogP contribution is -2.17. The molecule has 1 N–H and O–H groups in total. The predicted molar refractivity (Wildman–Crippen MR) is 94.7 cm³/mol. The summed E-state index contributed by atoms with van der Waals surface area (Å²) >= 11 is 0. The van der Waals surface area contributed by atoms with Crippen LogP contribution in [0.4, 0.5) is 14.5 Å². The first kappa shape index (κ1) is 18.1. The number of hydrogen-bond acceptors (Lipinski definition) is 4. The minimum Gasteiger partial charge on any atom is -0.372 e. The Morgan fingerprint density at radius 1 is 1.04 bits per heavy atom. The van der Waals surface area contributed by atoms with Gasteiger partial charge in [-0.15, -0.1) is 0 Å². The molecule has 26 heavy (non-hydrogen) atoms. The summed E-state index contributed by atoms with van der Waals surface area (Å²) in [5, 5.41) is 3.28. The van der Waals surface area contributed by atoms with Gasteiger partial charge in [-0.1, -0.05) is 30.3 Å². The Kier molecular flexibility index (Phi) is 5.03. The monoisotopic (exact) mass is 377 g/mol. The minimum absolute atomic E-state index is 0.284. The summed E-state index contributed by atoms with van der Waals surface area (Å²) in [6, 6.07) is 14.6. The van der Waals surface area contributed by atoms with Crippen molar-refractivity contribution in [2.75, 3.05) is 5.32 Å². The van der Waals surface area contributed by atoms with Gasteiger partial charge in [-0.2, -0.15) is 8.78 Å². The van der Waals surface area contributed by atoms with E-state index in [2.05, 4.69) is 10.3 Å². The molecule has 0 unspecified atom stereocenters. The van der Waals surface area contributed by atoms with E-state index in [1.807, 2.05) is 48.1 Å². The van der Waals surface area contributed by atoms with Gasteiger partial charge in [0.1, 0.15) is 11.9 Å². The van der Waals surface area contributed by atoms with Gasteiger partial charge in [-0.05, 0) is 29.8 Å². The van der Waals surface area contributed by atoms with Crippen molar-refractivity contribution < 1.29 is 17.2 Å². The third kappa shape index (κ3) is 3.60. The van der Waals surface area contributed by atoms with Crippen molar-refractivity contribution in [3.05, 3.63) is 78.4 Å². The predicted octanol–water partition coefficient (Wildman–Crippen LogP) is 3.62. The minimum atomic E-state index is -4.60. The van der Waals surface area contributed by atoms with Gasteiger partial charge >= 0.3 is 5.76 Å². The summed E-state index contributed by atoms with van der Waals surface area (Å²) in [6.07, 6.45) is 3.51. The van der Waals surface area contributed by atoms with Crippen molar-refractivity contribution in [2.45, 2.75) is 16.7 Å². The smallest absolute Gasteiger partial charge is 0.341 e. The van der Waals surface area contributed by atoms with Crippen LogP contribution in [0.1, 0.15) is 17.4 Å². The summed E-state index contributed by atoms with van der Waals surface area (Å²) < 4.78 is 50.2. The molecule has 5 nitrogen and oxygen atoms in total. The van der Waals surface area contributed by atoms with Crippen LogP contribution in [0.2, 0.25) is 0 Å². The van der Waals surface area contributed by atoms with Crippen LogP contribution in [-0.4, -0.2) is 23.7 Å². The van der Waals surface area contributed by atoms with E-state index < -0.39 is 20.5 Å². The Morgan fingerprint density at radius 2 is 1.69 bits per heavy atom. The molecule has 0 aliphatic rings. The van der Waals surface area contributed by atoms with Crippen LogP contribution in [0.15, 0.2) is 71.9 Å². The number of aromatic nitrogens is 2. The van der Waals surface area contributed by atoms with Crippen LogP contribution in [0.3, 0.4) is 0 Å². The number of anilines is 1. The fourth-order valence-corrected chi connectivity index (χ4v) is 3.33. The van der Waals surface area contributed by atoms with Gasteiger partial charge in [0.2, 0.25) is 9.84 Å². The third-order valence-corrected chi connectivity index (χ3v) is 5.38. The molecular weight excluding hydrogens is 360 g/mol. The highest BCUT2D eigenvalue weighted by molar-refractivity contribution is 7.91. The van der Waals surface area contributed by atoms with E-state index in [9.17, 15) is 17.2 Å². The van der Waals surface area contributed by atoms with E-state index in [1.165, 1.54) is 24.3 Å². The molecule has 2 aromatic carbocycles. The number of nitrogens with zero attached hydrogens (tertiary/aromatic N) is 2. The molecule has 0 spiro atoms. The zero-order valence-electron chi connectivity index (χ0n) is 13.9. The molecule has 1 atom stereocenters. The van der Waals surface area contributed by atoms with Gasteiger partial charge in [-0.25, -0.2) is 13.4 Å². The van der Waals surface area contributed by atoms with Gasteiger partial charge < -0.3 is 9.88 Å². The molecule has 0 bridgehead atoms. The molecule has 0 aliphatic heterocycles. The van der Waals surface area contributed by atoms with Crippen LogP contribution < -0.4 is 5.32 Å². The average molecular weight is 377 g/mol. The summed E-state index contributed by atoms with van der Waals surface area (Å²) in [5.74, 6) is -2.67. The highest BCUT2D eigenvalue weighted by Crippen LogP contribution is 2.27. The van der Waals surface area contributed by atoms with E-state index in [4.69, 9.17) is 0 Å². The van der Waals surface area contributed by atoms with Crippen molar-refractivity contribution >= 4 is 15.5 Å². The summed E-state index contributed by atoms with van der Waals surface area (Å²) in [4.78, 5) is 3.96. The van der Waals surface area contributed by atoms with E-state index in [0.29, 0.717) is 5.69 Å². The fourth-order valence-electron chi connectivity index (χ4n) is 2.61. The lowest BCUT2D eigenvalue weighted by atomic mass is 10.1. The molecule has 0 saturated carbocycles. The number of halogens is 2. The van der Waals surface area contributed by atoms with E-state index in [-0.39, 0.29) is 6.04 Å². The van der Waals surface area contributed by atoms with Gasteiger partial charge in [0.25, 0.3) is 0 Å². The van der Waals surface area contributed by atoms with Crippen molar-refractivity contribution in [2.24, 2.45) is 7.05 Å². The second kappa shape index (κ2) is 7.25. The average Bonchev–Trinajstić information content (AvgIpc) is 3.06. The van der Waals surface area contributed by atoms with E-state index in [0.717, 1.165) is 11.4 Å². The standard InChI is InChI=1S/C18H17F2N3O2S/c1-23-12-11-21-17(23)16(13-5-3-2-4-6-13)22-14-7-9-15(10-8-14)26(24,25)18(19)20/h2-12,16,18,22H,1H3/t16-/m0/s1. The lowest BCUT2D eigenvalue weighted by Gasteiger charge is -2.20. The van der Waals surface area contributed by atoms with Crippen LogP contribution in [0.5, 0.6) is 0 Å². The third-order valence-electron chi connectivity index (χ3n) is 3.98. The van der Waals surface area contributed by atoms with Crippen molar-refractivity contribution in [1.29, 1.82) is 0 Å². The van der Waals surface area contributed by atoms with Crippen molar-refractivity contribution in [3.63, 3.8) is 0 Å². The lowest BCUT2D eigenvalue weighted by molar-refractivity contribution is 0.234. The maximum Gasteiger partial charge on any atom is 0.341 e. The number of benzene rings is 2. The molecule has 0 saturated heterocycles. The number of hydrogen-bond donors (Lipinski definition) is 1. The van der Waals surface area contributed by atoms with Crippen LogP contribution >= 0.6 is 0 Å². The van der Waals surface area contributed by atoms with Crippen molar-refractivity contribution in [1.82, 2.24) is 9.55 Å². The summed E-state index contributed by atoms with van der Waals surface area (Å²) in [6.45, 7) is 0. The molecule has 0 radical (unpaired) electrons. The maximum absolute atomic E-state index is 12.6. The highest BCUT2D eigenvalue weighted by atomic mass is 32.2. The van der Waals surface area contributed by atoms with E-state index in [1.54, 1.807) is 6.20 Å². The van der Waals surface area contributed by atoms with Gasteiger partial charge in [0, 0.05) is 25.1 Å². The molecular formula is C18H17F2N3O2S. The molecule has 0 fully saturated rings. The first-order valence-corrected chi connectivity index (χ1v) is 9.35. The number of alkyl halides is 2. The Hall–Kier alpha value is -2.74. The molecule has 1 aromatic heterocycles. The number of nitrogens with one attached hydrogen (secondary N) is 1. The zero-order valence-corrected chi connectivity index (χ0v) is 14.7. The largest absolute Gasteiger partial charge is 0.372 e. The SMILES string of the molecule is Cn1ccnc1[C@@H](Nc1ccc(S(=O)(=O)C(F)F)cc1)c1ccccc1. The van der Waals surface area contributed by atoms with E-state index >= 15 is 0 Å². The summed E-state index contributed by atoms with van der Waals surface area (Å²) in [7, 11) is -2.73. The molecule has 136 valence electrons. The first-order chi connectivity index (χ1) is 12.4. The van der Waals surface area contributed by atoms with Crippen LogP contribution in [0, 0.1) is 0 Å². The molecule has 1 heterocycles. The first-order valence-electron chi connectivity index (χ1n) is 7.80. The quantitative estimate of drug-likeness (QED) is 0.713. The second-order valence-electron chi connectivity index (χ2n) is 5.71. The Morgan fingerprint density at radius 3 is 2.23 bits per heavy atom. The van der Waals surface area contributed by atoms with Crippen molar-refractivity contribution in [3.8, 4) is 0 Å². The van der Waals surface area contributed by atoms with Gasteiger partial charge in [-0.3, -0.25) is 0 Å². The maximum atomic E-state index is 12.6. The number of rotatable bonds is 6. The fraction of sp³-hybridized carbons (Fsp3) is 0.167. The Balaban J connectivity index is 1.92. The second-order valence-corrected chi connectivity index (χ2v) is 7.63. The number of sulfone groups is 1. The van der Waals surface area contributed by atoms with Gasteiger partial charge in [0.15, 0.2) is 0 Å². The Bertz CT molecular complexity index is 971. The molecule has 3 rings (SSSR count). The molecule has 0 amide bonds. The highest BCUT2D eigenvalue weighted by Gasteiger charge is 2.26. The van der Waals surface area contributed by atoms with Gasteiger partial charge in [0.05, 0.1) is 4.90 Å². The Labute approximate surface area is 150 Å². The van der Waals surface area contributed by atoms with Crippen LogP contribution in [0.25, 0.3) is 0 Å². The van der Waals surface area contributed by atoms with Crippen LogP contribution in [-0.2, 0) is 16.9 Å². The number of imidazole rings is 1. The summed E-state index contributed by atoms with van der Waals surface area (Å²) in [5.41, 5.74) is 1.56. The molecule has 8 heteroatoms. The molecule has 0 aliphatic carbocycles. The topological polar surface area (TPSA) is 64.0 Å². The normalized spacial score (nSPS) is 12.9. The number of aryl methyl sites for hydroxylation is 1.